The Hall–Kier alpha value is -1.80. The molecule has 2 aromatic rings. The molecule has 0 saturated carbocycles. The molecule has 20 heavy (non-hydrogen) atoms. The Morgan fingerprint density at radius 1 is 0.950 bits per heavy atom. The van der Waals surface area contributed by atoms with Gasteiger partial charge in [-0.1, -0.05) is 42.5 Å². The average molecular weight is 269 g/mol. The maximum absolute atomic E-state index is 5.18. The first-order valence-corrected chi connectivity index (χ1v) is 7.13. The van der Waals surface area contributed by atoms with Crippen molar-refractivity contribution in [3.63, 3.8) is 0 Å². The number of benzene rings is 2. The van der Waals surface area contributed by atoms with Crippen molar-refractivity contribution in [2.24, 2.45) is 0 Å². The molecule has 0 radical (unpaired) electrons. The van der Waals surface area contributed by atoms with Gasteiger partial charge >= 0.3 is 0 Å². The topological polar surface area (TPSA) is 21.3 Å². The molecule has 0 bridgehead atoms. The standard InChI is InChI=1S/C18H23NO/c1-14(13-16-9-11-18(20-3)12-10-16)19-15(2)17-7-5-4-6-8-17/h4-12,14-15,19H,13H2,1-3H3/t14-,15-/m0/s1. The van der Waals surface area contributed by atoms with E-state index in [-0.39, 0.29) is 0 Å². The van der Waals surface area contributed by atoms with E-state index in [2.05, 4.69) is 61.6 Å². The van der Waals surface area contributed by atoms with E-state index >= 15 is 0 Å². The lowest BCUT2D eigenvalue weighted by molar-refractivity contribution is 0.414. The third-order valence-corrected chi connectivity index (χ3v) is 3.54. The maximum atomic E-state index is 5.18. The van der Waals surface area contributed by atoms with Crippen LogP contribution >= 0.6 is 0 Å². The second-order valence-electron chi connectivity index (χ2n) is 5.25. The minimum absolute atomic E-state index is 0.365. The molecule has 2 nitrogen and oxygen atoms in total. The van der Waals surface area contributed by atoms with Crippen LogP contribution in [0.1, 0.15) is 31.0 Å². The fourth-order valence-electron chi connectivity index (χ4n) is 2.44. The van der Waals surface area contributed by atoms with Crippen molar-refractivity contribution in [2.45, 2.75) is 32.4 Å². The van der Waals surface area contributed by atoms with Gasteiger partial charge < -0.3 is 10.1 Å². The predicted octanol–water partition coefficient (Wildman–Crippen LogP) is 3.98. The van der Waals surface area contributed by atoms with Crippen molar-refractivity contribution in [2.75, 3.05) is 7.11 Å². The summed E-state index contributed by atoms with van der Waals surface area (Å²) in [7, 11) is 1.70. The molecule has 1 N–H and O–H groups in total. The summed E-state index contributed by atoms with van der Waals surface area (Å²) in [5.41, 5.74) is 2.65. The van der Waals surface area contributed by atoms with Crippen molar-refractivity contribution in [3.8, 4) is 5.75 Å². The second-order valence-corrected chi connectivity index (χ2v) is 5.25. The molecule has 0 heterocycles. The normalized spacial score (nSPS) is 13.8. The van der Waals surface area contributed by atoms with Gasteiger partial charge in [0, 0.05) is 12.1 Å². The average Bonchev–Trinajstić information content (AvgIpc) is 2.49. The highest BCUT2D eigenvalue weighted by Gasteiger charge is 2.09. The zero-order valence-electron chi connectivity index (χ0n) is 12.5. The molecule has 2 rings (SSSR count). The fourth-order valence-corrected chi connectivity index (χ4v) is 2.44. The molecule has 0 aliphatic heterocycles. The van der Waals surface area contributed by atoms with Gasteiger partial charge in [0.05, 0.1) is 7.11 Å². The van der Waals surface area contributed by atoms with Crippen molar-refractivity contribution < 1.29 is 4.74 Å². The van der Waals surface area contributed by atoms with Gasteiger partial charge in [0.25, 0.3) is 0 Å². The first-order chi connectivity index (χ1) is 9.69. The first kappa shape index (κ1) is 14.6. The highest BCUT2D eigenvalue weighted by Crippen LogP contribution is 2.15. The maximum Gasteiger partial charge on any atom is 0.118 e. The van der Waals surface area contributed by atoms with Crippen LogP contribution in [0, 0.1) is 0 Å². The highest BCUT2D eigenvalue weighted by molar-refractivity contribution is 5.27. The number of hydrogen-bond acceptors (Lipinski definition) is 2. The molecule has 2 atom stereocenters. The number of methoxy groups -OCH3 is 1. The van der Waals surface area contributed by atoms with Crippen molar-refractivity contribution in [3.05, 3.63) is 65.7 Å². The van der Waals surface area contributed by atoms with E-state index in [4.69, 9.17) is 4.74 Å². The minimum Gasteiger partial charge on any atom is -0.497 e. The van der Waals surface area contributed by atoms with Crippen LogP contribution in [0.3, 0.4) is 0 Å². The third kappa shape index (κ3) is 4.10. The minimum atomic E-state index is 0.365. The van der Waals surface area contributed by atoms with Crippen molar-refractivity contribution >= 4 is 0 Å². The van der Waals surface area contributed by atoms with E-state index in [0.717, 1.165) is 12.2 Å². The van der Waals surface area contributed by atoms with E-state index in [1.165, 1.54) is 11.1 Å². The Morgan fingerprint density at radius 3 is 2.20 bits per heavy atom. The van der Waals surface area contributed by atoms with E-state index < -0.39 is 0 Å². The zero-order valence-corrected chi connectivity index (χ0v) is 12.5. The highest BCUT2D eigenvalue weighted by atomic mass is 16.5. The summed E-state index contributed by atoms with van der Waals surface area (Å²) in [4.78, 5) is 0. The monoisotopic (exact) mass is 269 g/mol. The predicted molar refractivity (Wildman–Crippen MR) is 84.2 cm³/mol. The van der Waals surface area contributed by atoms with E-state index in [0.29, 0.717) is 12.1 Å². The van der Waals surface area contributed by atoms with Gasteiger partial charge in [-0.05, 0) is 43.5 Å². The Labute approximate surface area is 121 Å². The first-order valence-electron chi connectivity index (χ1n) is 7.13. The van der Waals surface area contributed by atoms with Gasteiger partial charge in [0.2, 0.25) is 0 Å². The molecule has 106 valence electrons. The smallest absolute Gasteiger partial charge is 0.118 e. The van der Waals surface area contributed by atoms with Crippen LogP contribution in [0.2, 0.25) is 0 Å². The number of ether oxygens (including phenoxy) is 1. The molecule has 2 heteroatoms. The molecule has 0 unspecified atom stereocenters. The summed E-state index contributed by atoms with van der Waals surface area (Å²) in [5.74, 6) is 0.909. The summed E-state index contributed by atoms with van der Waals surface area (Å²) in [5, 5.41) is 3.64. The number of rotatable bonds is 6. The molecule has 0 amide bonds. The molecule has 0 aliphatic carbocycles. The van der Waals surface area contributed by atoms with Crippen LogP contribution in [-0.2, 0) is 6.42 Å². The van der Waals surface area contributed by atoms with Crippen LogP contribution in [0.15, 0.2) is 54.6 Å². The Morgan fingerprint density at radius 2 is 1.60 bits per heavy atom. The molecular formula is C18H23NO. The fraction of sp³-hybridized carbons (Fsp3) is 0.333. The van der Waals surface area contributed by atoms with Crippen molar-refractivity contribution in [1.29, 1.82) is 0 Å². The quantitative estimate of drug-likeness (QED) is 0.856. The van der Waals surface area contributed by atoms with Gasteiger partial charge in [0.15, 0.2) is 0 Å². The Kier molecular flexibility index (Phi) is 5.19. The molecule has 2 aromatic carbocycles. The van der Waals surface area contributed by atoms with Gasteiger partial charge in [0.1, 0.15) is 5.75 Å². The number of hydrogen-bond donors (Lipinski definition) is 1. The van der Waals surface area contributed by atoms with Crippen LogP contribution in [0.25, 0.3) is 0 Å². The zero-order chi connectivity index (χ0) is 14.4. The molecule has 0 aliphatic rings. The molecule has 0 saturated heterocycles. The lowest BCUT2D eigenvalue weighted by Crippen LogP contribution is -2.30. The largest absolute Gasteiger partial charge is 0.497 e. The summed E-state index contributed by atoms with van der Waals surface area (Å²) >= 11 is 0. The summed E-state index contributed by atoms with van der Waals surface area (Å²) in [6.45, 7) is 4.43. The molecular weight excluding hydrogens is 246 g/mol. The van der Waals surface area contributed by atoms with Gasteiger partial charge in [-0.3, -0.25) is 0 Å². The van der Waals surface area contributed by atoms with Gasteiger partial charge in [-0.2, -0.15) is 0 Å². The lowest BCUT2D eigenvalue weighted by atomic mass is 10.0. The summed E-state index contributed by atoms with van der Waals surface area (Å²) in [6, 6.07) is 19.6. The van der Waals surface area contributed by atoms with Crippen LogP contribution < -0.4 is 10.1 Å². The SMILES string of the molecule is COc1ccc(C[C@H](C)N[C@@H](C)c2ccccc2)cc1. The van der Waals surface area contributed by atoms with Crippen molar-refractivity contribution in [1.82, 2.24) is 5.32 Å². The van der Waals surface area contributed by atoms with Gasteiger partial charge in [-0.25, -0.2) is 0 Å². The molecule has 0 fully saturated rings. The summed E-state index contributed by atoms with van der Waals surface area (Å²) < 4.78 is 5.18. The van der Waals surface area contributed by atoms with Crippen LogP contribution in [0.4, 0.5) is 0 Å². The lowest BCUT2D eigenvalue weighted by Gasteiger charge is -2.20. The summed E-state index contributed by atoms with van der Waals surface area (Å²) in [6.07, 6.45) is 1.02. The number of nitrogens with one attached hydrogen (secondary N) is 1. The third-order valence-electron chi connectivity index (χ3n) is 3.54. The molecule has 0 spiro atoms. The second kappa shape index (κ2) is 7.11. The Bertz CT molecular complexity index is 507. The van der Waals surface area contributed by atoms with Crippen LogP contribution in [0.5, 0.6) is 5.75 Å². The Balaban J connectivity index is 1.90. The van der Waals surface area contributed by atoms with Gasteiger partial charge in [-0.15, -0.1) is 0 Å². The van der Waals surface area contributed by atoms with Crippen LogP contribution in [-0.4, -0.2) is 13.2 Å². The van der Waals surface area contributed by atoms with E-state index in [1.54, 1.807) is 7.11 Å². The van der Waals surface area contributed by atoms with E-state index in [9.17, 15) is 0 Å². The van der Waals surface area contributed by atoms with E-state index in [1.807, 2.05) is 12.1 Å². The molecule has 0 aromatic heterocycles.